The first kappa shape index (κ1) is 15.2. The number of nitrogens with one attached hydrogen (secondary N) is 3. The second-order valence-corrected chi connectivity index (χ2v) is 5.60. The molecule has 0 radical (unpaired) electrons. The van der Waals surface area contributed by atoms with Crippen LogP contribution in [0.3, 0.4) is 0 Å². The molecule has 3 N–H and O–H groups in total. The first-order chi connectivity index (χ1) is 11.1. The van der Waals surface area contributed by atoms with E-state index >= 15 is 0 Å². The number of aromatic nitrogens is 2. The number of amides is 4. The van der Waals surface area contributed by atoms with Gasteiger partial charge in [0.15, 0.2) is 0 Å². The van der Waals surface area contributed by atoms with Crippen molar-refractivity contribution >= 4 is 23.8 Å². The molecule has 122 valence electrons. The van der Waals surface area contributed by atoms with Gasteiger partial charge in [0.05, 0.1) is 6.42 Å². The molecule has 9 nitrogen and oxygen atoms in total. The van der Waals surface area contributed by atoms with E-state index in [-0.39, 0.29) is 18.4 Å². The smallest absolute Gasteiger partial charge is 0.322 e. The van der Waals surface area contributed by atoms with Crippen molar-refractivity contribution in [1.29, 1.82) is 0 Å². The summed E-state index contributed by atoms with van der Waals surface area (Å²) >= 11 is 0. The zero-order valence-corrected chi connectivity index (χ0v) is 12.5. The minimum atomic E-state index is -0.777. The van der Waals surface area contributed by atoms with E-state index in [0.29, 0.717) is 5.95 Å². The van der Waals surface area contributed by atoms with Crippen molar-refractivity contribution in [2.24, 2.45) is 0 Å². The number of anilines is 1. The van der Waals surface area contributed by atoms with Gasteiger partial charge in [-0.3, -0.25) is 14.9 Å². The SMILES string of the molecule is O=C(CC1NC(=O)NC1=O)NC1CCN(c2ncccn2)CC1. The summed E-state index contributed by atoms with van der Waals surface area (Å²) in [5.41, 5.74) is 0. The van der Waals surface area contributed by atoms with Crippen LogP contribution in [0, 0.1) is 0 Å². The molecule has 1 atom stereocenters. The number of hydrogen-bond donors (Lipinski definition) is 3. The predicted octanol–water partition coefficient (Wildman–Crippen LogP) is -0.840. The van der Waals surface area contributed by atoms with Gasteiger partial charge in [-0.2, -0.15) is 0 Å². The van der Waals surface area contributed by atoms with Crippen molar-refractivity contribution < 1.29 is 14.4 Å². The molecule has 0 bridgehead atoms. The van der Waals surface area contributed by atoms with Gasteiger partial charge in [-0.15, -0.1) is 0 Å². The van der Waals surface area contributed by atoms with Crippen LogP contribution in [0.15, 0.2) is 18.5 Å². The molecule has 23 heavy (non-hydrogen) atoms. The fraction of sp³-hybridized carbons (Fsp3) is 0.500. The number of hydrogen-bond acceptors (Lipinski definition) is 6. The van der Waals surface area contributed by atoms with Gasteiger partial charge in [-0.25, -0.2) is 14.8 Å². The largest absolute Gasteiger partial charge is 0.353 e. The van der Waals surface area contributed by atoms with Crippen molar-refractivity contribution in [3.63, 3.8) is 0 Å². The topological polar surface area (TPSA) is 116 Å². The molecule has 9 heteroatoms. The van der Waals surface area contributed by atoms with Crippen LogP contribution >= 0.6 is 0 Å². The maximum Gasteiger partial charge on any atom is 0.322 e. The summed E-state index contributed by atoms with van der Waals surface area (Å²) in [5.74, 6) is 0.00516. The van der Waals surface area contributed by atoms with Crippen molar-refractivity contribution in [3.05, 3.63) is 18.5 Å². The third kappa shape index (κ3) is 3.74. The highest BCUT2D eigenvalue weighted by Gasteiger charge is 2.32. The number of nitrogens with zero attached hydrogens (tertiary/aromatic N) is 3. The van der Waals surface area contributed by atoms with Gasteiger partial charge in [0.1, 0.15) is 6.04 Å². The van der Waals surface area contributed by atoms with Crippen LogP contribution in [0.4, 0.5) is 10.7 Å². The highest BCUT2D eigenvalue weighted by Crippen LogP contribution is 2.15. The molecule has 0 aromatic carbocycles. The number of carbonyl (C=O) groups excluding carboxylic acids is 3. The molecule has 0 saturated carbocycles. The summed E-state index contributed by atoms with van der Waals surface area (Å²) in [6.07, 6.45) is 4.94. The summed E-state index contributed by atoms with van der Waals surface area (Å²) in [7, 11) is 0. The van der Waals surface area contributed by atoms with E-state index in [2.05, 4.69) is 30.8 Å². The van der Waals surface area contributed by atoms with Crippen molar-refractivity contribution in [3.8, 4) is 0 Å². The van der Waals surface area contributed by atoms with Crippen molar-refractivity contribution in [2.45, 2.75) is 31.3 Å². The Bertz CT molecular complexity index is 600. The molecule has 2 aliphatic rings. The average Bonchev–Trinajstić information content (AvgIpc) is 2.86. The average molecular weight is 318 g/mol. The lowest BCUT2D eigenvalue weighted by Gasteiger charge is -2.32. The Kier molecular flexibility index (Phi) is 4.35. The number of piperidine rings is 1. The predicted molar refractivity (Wildman–Crippen MR) is 80.5 cm³/mol. The lowest BCUT2D eigenvalue weighted by molar-refractivity contribution is -0.126. The summed E-state index contributed by atoms with van der Waals surface area (Å²) in [5, 5.41) is 7.44. The number of carbonyl (C=O) groups is 3. The van der Waals surface area contributed by atoms with E-state index in [1.54, 1.807) is 18.5 Å². The van der Waals surface area contributed by atoms with E-state index in [9.17, 15) is 14.4 Å². The van der Waals surface area contributed by atoms with Gasteiger partial charge < -0.3 is 15.5 Å². The first-order valence-corrected chi connectivity index (χ1v) is 7.54. The lowest BCUT2D eigenvalue weighted by Crippen LogP contribution is -2.46. The Hall–Kier alpha value is -2.71. The van der Waals surface area contributed by atoms with E-state index in [1.165, 1.54) is 0 Å². The standard InChI is InChI=1S/C14H18N6O3/c21-11(8-10-12(22)19-14(23)18-10)17-9-2-6-20(7-3-9)13-15-4-1-5-16-13/h1,4-5,9-10H,2-3,6-8H2,(H,17,21)(H2,18,19,22,23). The van der Waals surface area contributed by atoms with Gasteiger partial charge in [0.25, 0.3) is 5.91 Å². The Balaban J connectivity index is 1.44. The summed E-state index contributed by atoms with van der Waals surface area (Å²) < 4.78 is 0. The number of urea groups is 1. The van der Waals surface area contributed by atoms with E-state index in [1.807, 2.05) is 0 Å². The molecule has 4 amide bonds. The molecule has 3 heterocycles. The maximum atomic E-state index is 12.0. The van der Waals surface area contributed by atoms with Crippen LogP contribution in [0.5, 0.6) is 0 Å². The van der Waals surface area contributed by atoms with E-state index in [4.69, 9.17) is 0 Å². The zero-order valence-electron chi connectivity index (χ0n) is 12.5. The third-order valence-corrected chi connectivity index (χ3v) is 3.94. The van der Waals surface area contributed by atoms with Crippen LogP contribution in [0.1, 0.15) is 19.3 Å². The van der Waals surface area contributed by atoms with Gasteiger partial charge >= 0.3 is 6.03 Å². The van der Waals surface area contributed by atoms with Crippen LogP contribution in [-0.4, -0.2) is 53.0 Å². The number of imide groups is 1. The quantitative estimate of drug-likeness (QED) is 0.623. The summed E-state index contributed by atoms with van der Waals surface area (Å²) in [6.45, 7) is 1.52. The highest BCUT2D eigenvalue weighted by molar-refractivity contribution is 6.05. The second kappa shape index (κ2) is 6.59. The van der Waals surface area contributed by atoms with Gasteiger partial charge in [-0.1, -0.05) is 0 Å². The highest BCUT2D eigenvalue weighted by atomic mass is 16.2. The molecular formula is C14H18N6O3. The molecule has 2 fully saturated rings. The molecule has 0 aliphatic carbocycles. The molecule has 3 rings (SSSR count). The Morgan fingerprint density at radius 2 is 1.96 bits per heavy atom. The van der Waals surface area contributed by atoms with E-state index in [0.717, 1.165) is 25.9 Å². The summed E-state index contributed by atoms with van der Waals surface area (Å²) in [6, 6.07) is 0.501. The fourth-order valence-electron chi connectivity index (χ4n) is 2.75. The lowest BCUT2D eigenvalue weighted by atomic mass is 10.0. The van der Waals surface area contributed by atoms with E-state index < -0.39 is 18.0 Å². The van der Waals surface area contributed by atoms with Crippen LogP contribution < -0.4 is 20.9 Å². The molecule has 2 saturated heterocycles. The molecule has 1 aromatic rings. The summed E-state index contributed by atoms with van der Waals surface area (Å²) in [4.78, 5) is 44.9. The molecular weight excluding hydrogens is 300 g/mol. The normalized spacial score (nSPS) is 21.7. The molecule has 1 aromatic heterocycles. The Morgan fingerprint density at radius 1 is 1.26 bits per heavy atom. The minimum absolute atomic E-state index is 0.0421. The molecule has 2 aliphatic heterocycles. The third-order valence-electron chi connectivity index (χ3n) is 3.94. The second-order valence-electron chi connectivity index (χ2n) is 5.60. The minimum Gasteiger partial charge on any atom is -0.353 e. The van der Waals surface area contributed by atoms with Crippen LogP contribution in [0.25, 0.3) is 0 Å². The Labute approximate surface area is 132 Å². The van der Waals surface area contributed by atoms with Gasteiger partial charge in [0, 0.05) is 31.5 Å². The van der Waals surface area contributed by atoms with Crippen molar-refractivity contribution in [2.75, 3.05) is 18.0 Å². The number of rotatable bonds is 4. The Morgan fingerprint density at radius 3 is 2.57 bits per heavy atom. The monoisotopic (exact) mass is 318 g/mol. The fourth-order valence-corrected chi connectivity index (χ4v) is 2.75. The van der Waals surface area contributed by atoms with Crippen molar-refractivity contribution in [1.82, 2.24) is 25.9 Å². The zero-order chi connectivity index (χ0) is 16.2. The first-order valence-electron chi connectivity index (χ1n) is 7.54. The van der Waals surface area contributed by atoms with Gasteiger partial charge in [0.2, 0.25) is 11.9 Å². The molecule has 0 spiro atoms. The maximum absolute atomic E-state index is 12.0. The van der Waals surface area contributed by atoms with Crippen LogP contribution in [0.2, 0.25) is 0 Å². The van der Waals surface area contributed by atoms with Gasteiger partial charge in [-0.05, 0) is 18.9 Å². The molecule has 1 unspecified atom stereocenters. The van der Waals surface area contributed by atoms with Crippen LogP contribution in [-0.2, 0) is 9.59 Å².